The predicted molar refractivity (Wildman–Crippen MR) is 320 cm³/mol. The van der Waals surface area contributed by atoms with Crippen molar-refractivity contribution >= 4 is 56.8 Å². The van der Waals surface area contributed by atoms with Crippen LogP contribution in [0.2, 0.25) is 0 Å². The number of benzene rings is 4. The Morgan fingerprint density at radius 1 is 0.627 bits per heavy atom. The molecule has 0 atom stereocenters. The smallest absolute Gasteiger partial charge is 0.333 e. The molecule has 0 spiro atoms. The standard InChI is InChI=1S/C65H83N3O14S/c1-7-8-9-12-33-68(64-67-57-13-10-11-14-59(57)83-64)66-43-51-42-56(79-44-47-15-19-49(20-16-47)61(70)81-54-29-25-53(26-30-54)76-39-35-74-37-41-78-63(72)65(4,5)6)31-32-58(51)80-45-48-17-21-50(22-18-48)62(71)82-55-27-23-52(24-28-55)75-38-34-73-36-40-77-60(69)46(2)3/h10-11,13-14,23-32,42-43,47-50H,2,7-9,12,15-22,33-41,44-45H2,1,3-6H3/b66-43+. The Balaban J connectivity index is 0.880. The fourth-order valence-electron chi connectivity index (χ4n) is 9.37. The molecule has 2 fully saturated rings. The van der Waals surface area contributed by atoms with Gasteiger partial charge in [-0.05, 0) is 176 Å². The van der Waals surface area contributed by atoms with Crippen LogP contribution in [0.15, 0.2) is 108 Å². The Kier molecular flexibility index (Phi) is 25.5. The highest BCUT2D eigenvalue weighted by Crippen LogP contribution is 2.35. The third kappa shape index (κ3) is 21.6. The number of carbonyl (C=O) groups is 4. The van der Waals surface area contributed by atoms with Crippen molar-refractivity contribution in [1.82, 2.24) is 4.98 Å². The summed E-state index contributed by atoms with van der Waals surface area (Å²) in [7, 11) is 0. The highest BCUT2D eigenvalue weighted by atomic mass is 32.1. The molecule has 0 unspecified atom stereocenters. The number of carbonyl (C=O) groups excluding carboxylic acids is 4. The van der Waals surface area contributed by atoms with E-state index in [1.807, 2.05) is 47.6 Å². The maximum absolute atomic E-state index is 13.3. The van der Waals surface area contributed by atoms with Crippen molar-refractivity contribution in [2.75, 3.05) is 77.6 Å². The molecule has 0 bridgehead atoms. The Bertz CT molecular complexity index is 2820. The molecule has 18 heteroatoms. The van der Waals surface area contributed by atoms with Crippen LogP contribution in [0.1, 0.15) is 117 Å². The lowest BCUT2D eigenvalue weighted by Crippen LogP contribution is -2.28. The van der Waals surface area contributed by atoms with Gasteiger partial charge in [0.1, 0.15) is 60.9 Å². The van der Waals surface area contributed by atoms with Crippen LogP contribution in [-0.4, -0.2) is 108 Å². The number of fused-ring (bicyclic) bond motifs is 1. The second-order valence-corrected chi connectivity index (χ2v) is 23.2. The van der Waals surface area contributed by atoms with Gasteiger partial charge in [0.05, 0.1) is 73.3 Å². The highest BCUT2D eigenvalue weighted by molar-refractivity contribution is 7.22. The van der Waals surface area contributed by atoms with E-state index in [1.165, 1.54) is 0 Å². The summed E-state index contributed by atoms with van der Waals surface area (Å²) in [5, 5.41) is 7.91. The van der Waals surface area contributed by atoms with E-state index in [0.29, 0.717) is 105 Å². The molecule has 0 radical (unpaired) electrons. The van der Waals surface area contributed by atoms with Gasteiger partial charge in [-0.3, -0.25) is 14.4 Å². The van der Waals surface area contributed by atoms with Crippen molar-refractivity contribution < 1.29 is 66.5 Å². The van der Waals surface area contributed by atoms with Gasteiger partial charge in [0.25, 0.3) is 0 Å². The molecule has 1 aromatic heterocycles. The Morgan fingerprint density at radius 3 is 1.71 bits per heavy atom. The van der Waals surface area contributed by atoms with Crippen molar-refractivity contribution in [3.8, 4) is 34.5 Å². The van der Waals surface area contributed by atoms with Crippen molar-refractivity contribution in [1.29, 1.82) is 0 Å². The lowest BCUT2D eigenvalue weighted by Gasteiger charge is -2.28. The molecule has 2 saturated carbocycles. The predicted octanol–water partition coefficient (Wildman–Crippen LogP) is 12.8. The Labute approximate surface area is 492 Å². The van der Waals surface area contributed by atoms with E-state index in [4.69, 9.17) is 57.5 Å². The first-order valence-electron chi connectivity index (χ1n) is 29.3. The van der Waals surface area contributed by atoms with Crippen LogP contribution >= 0.6 is 11.3 Å². The first-order chi connectivity index (χ1) is 40.2. The number of para-hydroxylation sites is 1. The summed E-state index contributed by atoms with van der Waals surface area (Å²) in [4.78, 5) is 54.9. The van der Waals surface area contributed by atoms with Crippen LogP contribution in [0.5, 0.6) is 34.5 Å². The average molecular weight is 1160 g/mol. The summed E-state index contributed by atoms with van der Waals surface area (Å²) in [6, 6.07) is 28.0. The molecule has 1 heterocycles. The van der Waals surface area contributed by atoms with E-state index >= 15 is 0 Å². The molecular weight excluding hydrogens is 1080 g/mol. The summed E-state index contributed by atoms with van der Waals surface area (Å²) in [6.45, 7) is 16.7. The van der Waals surface area contributed by atoms with E-state index in [9.17, 15) is 19.2 Å². The zero-order valence-electron chi connectivity index (χ0n) is 49.0. The van der Waals surface area contributed by atoms with E-state index in [2.05, 4.69) is 19.6 Å². The SMILES string of the molecule is C=C(C)C(=O)OCCOCCOc1ccc(OC(=O)C2CCC(COc3ccc(OCC4CCC(C(=O)Oc5ccc(OCCOCCOC(=O)C(C)(C)C)cc5)CC4)cc3/C=N/N(CCCCCC)c3nc4ccccc4s3)CC2)cc1. The fourth-order valence-corrected chi connectivity index (χ4v) is 10.3. The topological polar surface area (TPSA) is 189 Å². The number of hydrazone groups is 1. The van der Waals surface area contributed by atoms with Crippen molar-refractivity contribution in [3.05, 3.63) is 109 Å². The number of anilines is 1. The summed E-state index contributed by atoms with van der Waals surface area (Å²) < 4.78 is 58.5. The molecule has 4 aromatic carbocycles. The van der Waals surface area contributed by atoms with Crippen molar-refractivity contribution in [2.45, 2.75) is 112 Å². The van der Waals surface area contributed by atoms with Crippen LogP contribution in [0.4, 0.5) is 5.13 Å². The number of aromatic nitrogens is 1. The van der Waals surface area contributed by atoms with E-state index in [1.54, 1.807) is 87.6 Å². The van der Waals surface area contributed by atoms with E-state index < -0.39 is 11.4 Å². The van der Waals surface area contributed by atoms with Gasteiger partial charge in [-0.2, -0.15) is 5.10 Å². The first kappa shape index (κ1) is 63.6. The number of esters is 4. The molecule has 83 heavy (non-hydrogen) atoms. The van der Waals surface area contributed by atoms with Gasteiger partial charge in [-0.1, -0.05) is 56.2 Å². The Morgan fingerprint density at radius 2 is 1.16 bits per heavy atom. The van der Waals surface area contributed by atoms with Gasteiger partial charge >= 0.3 is 23.9 Å². The van der Waals surface area contributed by atoms with Crippen LogP contribution in [-0.2, 0) is 38.1 Å². The number of nitrogens with zero attached hydrogens (tertiary/aromatic N) is 3. The molecule has 448 valence electrons. The number of ether oxygens (including phenoxy) is 10. The van der Waals surface area contributed by atoms with Crippen LogP contribution in [0.3, 0.4) is 0 Å². The maximum atomic E-state index is 13.3. The third-order valence-corrected chi connectivity index (χ3v) is 15.4. The lowest BCUT2D eigenvalue weighted by atomic mass is 9.82. The van der Waals surface area contributed by atoms with Gasteiger partial charge in [-0.25, -0.2) is 14.8 Å². The first-order valence-corrected chi connectivity index (χ1v) is 30.1. The fraction of sp³-hybridized carbons (Fsp3) is 0.508. The van der Waals surface area contributed by atoms with Crippen molar-refractivity contribution in [3.63, 3.8) is 0 Å². The second kappa shape index (κ2) is 33.3. The molecule has 0 N–H and O–H groups in total. The van der Waals surface area contributed by atoms with Gasteiger partial charge < -0.3 is 47.4 Å². The average Bonchev–Trinajstić information content (AvgIpc) is 4.12. The maximum Gasteiger partial charge on any atom is 0.333 e. The molecule has 7 rings (SSSR count). The molecule has 17 nitrogen and oxygen atoms in total. The summed E-state index contributed by atoms with van der Waals surface area (Å²) in [5.41, 5.74) is 1.52. The number of thiazole rings is 1. The molecule has 0 amide bonds. The summed E-state index contributed by atoms with van der Waals surface area (Å²) >= 11 is 1.63. The lowest BCUT2D eigenvalue weighted by molar-refractivity contribution is -0.154. The molecular formula is C65H83N3O14S. The van der Waals surface area contributed by atoms with Crippen LogP contribution in [0.25, 0.3) is 10.2 Å². The number of hydrogen-bond donors (Lipinski definition) is 0. The minimum atomic E-state index is -0.551. The number of hydrogen-bond acceptors (Lipinski definition) is 18. The second-order valence-electron chi connectivity index (χ2n) is 22.2. The quantitative estimate of drug-likeness (QED) is 0.00962. The summed E-state index contributed by atoms with van der Waals surface area (Å²) in [6.07, 6.45) is 12.3. The van der Waals surface area contributed by atoms with Gasteiger partial charge in [-0.15, -0.1) is 0 Å². The third-order valence-electron chi connectivity index (χ3n) is 14.3. The molecule has 5 aromatic rings. The van der Waals surface area contributed by atoms with Crippen molar-refractivity contribution in [2.24, 2.45) is 34.2 Å². The zero-order valence-corrected chi connectivity index (χ0v) is 49.8. The minimum Gasteiger partial charge on any atom is -0.493 e. The minimum absolute atomic E-state index is 0.143. The zero-order chi connectivity index (χ0) is 58.8. The monoisotopic (exact) mass is 1160 g/mol. The number of unbranched alkanes of at least 4 members (excludes halogenated alkanes) is 3. The number of rotatable bonds is 33. The highest BCUT2D eigenvalue weighted by Gasteiger charge is 2.30. The largest absolute Gasteiger partial charge is 0.493 e. The van der Waals surface area contributed by atoms with E-state index in [-0.39, 0.29) is 68.0 Å². The van der Waals surface area contributed by atoms with E-state index in [0.717, 1.165) is 78.8 Å². The molecule has 0 saturated heterocycles. The van der Waals surface area contributed by atoms with Gasteiger partial charge in [0.2, 0.25) is 5.13 Å². The summed E-state index contributed by atoms with van der Waals surface area (Å²) in [5.74, 6) is 2.49. The Hall–Kier alpha value is -7.02. The van der Waals surface area contributed by atoms with Gasteiger partial charge in [0, 0.05) is 17.7 Å². The van der Waals surface area contributed by atoms with Gasteiger partial charge in [0.15, 0.2) is 0 Å². The molecule has 2 aliphatic rings. The molecule has 2 aliphatic carbocycles. The van der Waals surface area contributed by atoms with Crippen LogP contribution in [0, 0.1) is 29.1 Å². The van der Waals surface area contributed by atoms with Crippen LogP contribution < -0.4 is 33.4 Å². The molecule has 0 aliphatic heterocycles. The normalized spacial score (nSPS) is 17.1.